The molecule has 7 nitrogen and oxygen atoms in total. The van der Waals surface area contributed by atoms with Crippen molar-refractivity contribution in [2.45, 2.75) is 24.7 Å². The van der Waals surface area contributed by atoms with Crippen molar-refractivity contribution in [3.8, 4) is 5.75 Å². The van der Waals surface area contributed by atoms with Gasteiger partial charge in [-0.05, 0) is 43.0 Å². The third-order valence-corrected chi connectivity index (χ3v) is 7.35. The van der Waals surface area contributed by atoms with Crippen LogP contribution in [-0.2, 0) is 20.0 Å². The molecular formula is C15H24N2O5S2. The van der Waals surface area contributed by atoms with Crippen LogP contribution in [0, 0.1) is 5.92 Å². The van der Waals surface area contributed by atoms with Crippen molar-refractivity contribution >= 4 is 20.0 Å². The third-order valence-electron chi connectivity index (χ3n) is 4.03. The maximum atomic E-state index is 12.3. The van der Waals surface area contributed by atoms with Crippen LogP contribution in [-0.4, -0.2) is 53.6 Å². The summed E-state index contributed by atoms with van der Waals surface area (Å²) in [4.78, 5) is 0.147. The standard InChI is InChI=1S/C15H24N2O5S2/c1-13-4-3-10-17(12-13)24(20,21)16-9-11-23(18,19)15-7-5-14(22-2)6-8-15/h5-8,13,16H,3-4,9-12H2,1-2H3/t13-/m0/s1. The van der Waals surface area contributed by atoms with Crippen LogP contribution in [0.4, 0.5) is 0 Å². The Kier molecular flexibility index (Phi) is 6.24. The van der Waals surface area contributed by atoms with Gasteiger partial charge in [0.2, 0.25) is 0 Å². The molecule has 1 aliphatic rings. The van der Waals surface area contributed by atoms with E-state index in [0.717, 1.165) is 12.8 Å². The lowest BCUT2D eigenvalue weighted by Gasteiger charge is -2.29. The number of rotatable bonds is 7. The molecule has 0 saturated carbocycles. The van der Waals surface area contributed by atoms with E-state index < -0.39 is 20.0 Å². The molecule has 1 fully saturated rings. The fourth-order valence-corrected chi connectivity index (χ4v) is 5.31. The van der Waals surface area contributed by atoms with Crippen molar-refractivity contribution in [3.63, 3.8) is 0 Å². The van der Waals surface area contributed by atoms with E-state index in [9.17, 15) is 16.8 Å². The van der Waals surface area contributed by atoms with Crippen LogP contribution in [0.25, 0.3) is 0 Å². The maximum Gasteiger partial charge on any atom is 0.279 e. The number of methoxy groups -OCH3 is 1. The largest absolute Gasteiger partial charge is 0.497 e. The first kappa shape index (κ1) is 19.2. The molecule has 2 rings (SSSR count). The molecule has 1 N–H and O–H groups in total. The highest BCUT2D eigenvalue weighted by atomic mass is 32.2. The van der Waals surface area contributed by atoms with E-state index in [1.54, 1.807) is 12.1 Å². The predicted octanol–water partition coefficient (Wildman–Crippen LogP) is 1.04. The summed E-state index contributed by atoms with van der Waals surface area (Å²) in [6.07, 6.45) is 1.84. The second-order valence-corrected chi connectivity index (χ2v) is 9.86. The summed E-state index contributed by atoms with van der Waals surface area (Å²) in [5, 5.41) is 0. The molecule has 0 aromatic heterocycles. The molecule has 0 amide bonds. The molecule has 1 aromatic carbocycles. The Morgan fingerprint density at radius 1 is 1.21 bits per heavy atom. The van der Waals surface area contributed by atoms with E-state index in [1.165, 1.54) is 23.5 Å². The third kappa shape index (κ3) is 4.92. The van der Waals surface area contributed by atoms with E-state index in [0.29, 0.717) is 24.8 Å². The van der Waals surface area contributed by atoms with Gasteiger partial charge in [0, 0.05) is 19.6 Å². The van der Waals surface area contributed by atoms with Gasteiger partial charge in [0.25, 0.3) is 10.2 Å². The Morgan fingerprint density at radius 2 is 1.88 bits per heavy atom. The average molecular weight is 377 g/mol. The zero-order valence-electron chi connectivity index (χ0n) is 13.9. The molecule has 1 aromatic rings. The lowest BCUT2D eigenvalue weighted by molar-refractivity contribution is 0.278. The summed E-state index contributed by atoms with van der Waals surface area (Å²) in [5.74, 6) is 0.592. The Hall–Kier alpha value is -1.16. The van der Waals surface area contributed by atoms with Gasteiger partial charge in [0.05, 0.1) is 17.8 Å². The predicted molar refractivity (Wildman–Crippen MR) is 91.9 cm³/mol. The fourth-order valence-electron chi connectivity index (χ4n) is 2.66. The second-order valence-electron chi connectivity index (χ2n) is 6.00. The molecular weight excluding hydrogens is 352 g/mol. The van der Waals surface area contributed by atoms with Crippen LogP contribution in [0.5, 0.6) is 5.75 Å². The summed E-state index contributed by atoms with van der Waals surface area (Å²) in [5.41, 5.74) is 0. The molecule has 136 valence electrons. The van der Waals surface area contributed by atoms with Crippen LogP contribution in [0.2, 0.25) is 0 Å². The lowest BCUT2D eigenvalue weighted by Crippen LogP contribution is -2.46. The minimum atomic E-state index is -3.63. The van der Waals surface area contributed by atoms with Crippen molar-refractivity contribution in [1.29, 1.82) is 0 Å². The topological polar surface area (TPSA) is 92.8 Å². The molecule has 1 heterocycles. The zero-order chi connectivity index (χ0) is 17.8. The number of piperidine rings is 1. The first-order valence-electron chi connectivity index (χ1n) is 7.86. The molecule has 24 heavy (non-hydrogen) atoms. The van der Waals surface area contributed by atoms with Gasteiger partial charge in [-0.15, -0.1) is 0 Å². The molecule has 1 atom stereocenters. The molecule has 0 bridgehead atoms. The molecule has 0 aliphatic carbocycles. The van der Waals surface area contributed by atoms with Crippen LogP contribution in [0.1, 0.15) is 19.8 Å². The highest BCUT2D eigenvalue weighted by molar-refractivity contribution is 7.91. The summed E-state index contributed by atoms with van der Waals surface area (Å²) in [7, 11) is -5.68. The van der Waals surface area contributed by atoms with Gasteiger partial charge in [0.1, 0.15) is 5.75 Å². The van der Waals surface area contributed by atoms with Gasteiger partial charge >= 0.3 is 0 Å². The van der Waals surface area contributed by atoms with Crippen molar-refractivity contribution in [2.75, 3.05) is 32.5 Å². The first-order valence-corrected chi connectivity index (χ1v) is 11.0. The Bertz CT molecular complexity index is 745. The normalized spacial score (nSPS) is 20.0. The van der Waals surface area contributed by atoms with Crippen LogP contribution < -0.4 is 9.46 Å². The molecule has 0 spiro atoms. The number of hydrogen-bond acceptors (Lipinski definition) is 5. The van der Waals surface area contributed by atoms with E-state index in [1.807, 2.05) is 6.92 Å². The van der Waals surface area contributed by atoms with Gasteiger partial charge in [-0.1, -0.05) is 6.92 Å². The van der Waals surface area contributed by atoms with Crippen LogP contribution in [0.3, 0.4) is 0 Å². The van der Waals surface area contributed by atoms with Crippen molar-refractivity contribution in [2.24, 2.45) is 5.92 Å². The zero-order valence-corrected chi connectivity index (χ0v) is 15.6. The summed E-state index contributed by atoms with van der Waals surface area (Å²) < 4.78 is 57.8. The van der Waals surface area contributed by atoms with E-state index in [-0.39, 0.29) is 17.2 Å². The van der Waals surface area contributed by atoms with Gasteiger partial charge in [-0.25, -0.2) is 13.1 Å². The highest BCUT2D eigenvalue weighted by Gasteiger charge is 2.27. The molecule has 0 unspecified atom stereocenters. The van der Waals surface area contributed by atoms with Crippen LogP contribution >= 0.6 is 0 Å². The molecule has 1 aliphatic heterocycles. The molecule has 9 heteroatoms. The molecule has 1 saturated heterocycles. The van der Waals surface area contributed by atoms with Crippen molar-refractivity contribution < 1.29 is 21.6 Å². The minimum absolute atomic E-state index is 0.147. The quantitative estimate of drug-likeness (QED) is 0.767. The first-order chi connectivity index (χ1) is 11.2. The van der Waals surface area contributed by atoms with Gasteiger partial charge in [0.15, 0.2) is 9.84 Å². The summed E-state index contributed by atoms with van der Waals surface area (Å²) in [6, 6.07) is 6.03. The van der Waals surface area contributed by atoms with E-state index in [4.69, 9.17) is 4.74 Å². The number of sulfone groups is 1. The van der Waals surface area contributed by atoms with Crippen molar-refractivity contribution in [1.82, 2.24) is 9.03 Å². The van der Waals surface area contributed by atoms with Gasteiger partial charge in [-0.3, -0.25) is 0 Å². The monoisotopic (exact) mass is 376 g/mol. The number of ether oxygens (including phenoxy) is 1. The van der Waals surface area contributed by atoms with Gasteiger partial charge < -0.3 is 4.74 Å². The maximum absolute atomic E-state index is 12.3. The Balaban J connectivity index is 1.94. The SMILES string of the molecule is COc1ccc(S(=O)(=O)CCNS(=O)(=O)N2CCC[C@H](C)C2)cc1. The minimum Gasteiger partial charge on any atom is -0.497 e. The van der Waals surface area contributed by atoms with Crippen molar-refractivity contribution in [3.05, 3.63) is 24.3 Å². The second kappa shape index (κ2) is 7.81. The number of nitrogens with one attached hydrogen (secondary N) is 1. The Morgan fingerprint density at radius 3 is 2.46 bits per heavy atom. The van der Waals surface area contributed by atoms with Gasteiger partial charge in [-0.2, -0.15) is 12.7 Å². The summed E-state index contributed by atoms with van der Waals surface area (Å²) >= 11 is 0. The van der Waals surface area contributed by atoms with E-state index >= 15 is 0 Å². The van der Waals surface area contributed by atoms with Crippen LogP contribution in [0.15, 0.2) is 29.2 Å². The highest BCUT2D eigenvalue weighted by Crippen LogP contribution is 2.18. The summed E-state index contributed by atoms with van der Waals surface area (Å²) in [6.45, 7) is 2.81. The van der Waals surface area contributed by atoms with E-state index in [2.05, 4.69) is 4.72 Å². The smallest absolute Gasteiger partial charge is 0.279 e. The fraction of sp³-hybridized carbons (Fsp3) is 0.600. The molecule has 0 radical (unpaired) electrons. The number of benzene rings is 1. The average Bonchev–Trinajstić information content (AvgIpc) is 2.54. The number of hydrogen-bond donors (Lipinski definition) is 1. The number of nitrogens with zero attached hydrogens (tertiary/aromatic N) is 1. The lowest BCUT2D eigenvalue weighted by atomic mass is 10.0. The Labute approximate surface area is 144 Å².